The molecular formula is C8H15N5O3S. The Bertz CT molecular complexity index is 454. The molecule has 0 spiro atoms. The van der Waals surface area contributed by atoms with E-state index in [4.69, 9.17) is 0 Å². The molecule has 96 valence electrons. The van der Waals surface area contributed by atoms with Crippen molar-refractivity contribution in [3.05, 3.63) is 12.3 Å². The van der Waals surface area contributed by atoms with Crippen molar-refractivity contribution in [3.63, 3.8) is 0 Å². The number of aromatic nitrogens is 2. The molecule has 8 nitrogen and oxygen atoms in total. The number of amides is 2. The van der Waals surface area contributed by atoms with Gasteiger partial charge in [-0.25, -0.2) is 17.9 Å². The average molecular weight is 261 g/mol. The van der Waals surface area contributed by atoms with Gasteiger partial charge in [-0.05, 0) is 6.07 Å². The van der Waals surface area contributed by atoms with Gasteiger partial charge in [-0.1, -0.05) is 0 Å². The Balaban J connectivity index is 2.35. The van der Waals surface area contributed by atoms with Crippen LogP contribution in [-0.2, 0) is 10.0 Å². The third kappa shape index (κ3) is 4.04. The average Bonchev–Trinajstić information content (AvgIpc) is 2.77. The van der Waals surface area contributed by atoms with Gasteiger partial charge in [0.05, 0.1) is 6.20 Å². The summed E-state index contributed by atoms with van der Waals surface area (Å²) in [5.74, 6) is 0. The van der Waals surface area contributed by atoms with Crippen molar-refractivity contribution in [3.8, 4) is 0 Å². The Labute approximate surface area is 99.4 Å². The van der Waals surface area contributed by atoms with Gasteiger partial charge >= 0.3 is 6.03 Å². The standard InChI is InChI=1S/C8H15N5O3S/c1-13(2)8(14)9-5-6-11-17(15,16)7-3-4-10-12-7/h3-4,11H,5-6H2,1-2H3,(H,9,14)(H,10,12). The number of aromatic amines is 1. The minimum Gasteiger partial charge on any atom is -0.337 e. The molecule has 1 rings (SSSR count). The van der Waals surface area contributed by atoms with Crippen molar-refractivity contribution in [2.75, 3.05) is 27.2 Å². The molecule has 9 heteroatoms. The number of nitrogens with zero attached hydrogens (tertiary/aromatic N) is 2. The summed E-state index contributed by atoms with van der Waals surface area (Å²) in [4.78, 5) is 12.5. The smallest absolute Gasteiger partial charge is 0.316 e. The third-order valence-electron chi connectivity index (χ3n) is 1.86. The highest BCUT2D eigenvalue weighted by Gasteiger charge is 2.14. The molecular weight excluding hydrogens is 246 g/mol. The molecule has 0 fully saturated rings. The van der Waals surface area contributed by atoms with Crippen molar-refractivity contribution in [2.24, 2.45) is 0 Å². The van der Waals surface area contributed by atoms with E-state index in [-0.39, 0.29) is 24.1 Å². The SMILES string of the molecule is CN(C)C(=O)NCCNS(=O)(=O)c1ccn[nH]1. The minimum absolute atomic E-state index is 0.00330. The maximum atomic E-state index is 11.6. The van der Waals surface area contributed by atoms with E-state index in [0.717, 1.165) is 0 Å². The fourth-order valence-electron chi connectivity index (χ4n) is 0.983. The van der Waals surface area contributed by atoms with E-state index in [1.165, 1.54) is 17.2 Å². The molecule has 0 saturated carbocycles. The van der Waals surface area contributed by atoms with Crippen LogP contribution in [0.5, 0.6) is 0 Å². The lowest BCUT2D eigenvalue weighted by Gasteiger charge is -2.11. The van der Waals surface area contributed by atoms with Gasteiger partial charge in [-0.15, -0.1) is 0 Å². The zero-order valence-electron chi connectivity index (χ0n) is 9.60. The van der Waals surface area contributed by atoms with Crippen LogP contribution in [0.4, 0.5) is 4.79 Å². The highest BCUT2D eigenvalue weighted by molar-refractivity contribution is 7.89. The molecule has 0 unspecified atom stereocenters. The predicted molar refractivity (Wildman–Crippen MR) is 60.9 cm³/mol. The molecule has 0 aliphatic carbocycles. The summed E-state index contributed by atoms with van der Waals surface area (Å²) in [5.41, 5.74) is 0. The first-order chi connectivity index (χ1) is 7.93. The van der Waals surface area contributed by atoms with Gasteiger partial charge in [0, 0.05) is 27.2 Å². The van der Waals surface area contributed by atoms with Gasteiger partial charge < -0.3 is 10.2 Å². The largest absolute Gasteiger partial charge is 0.337 e. The van der Waals surface area contributed by atoms with Crippen molar-refractivity contribution >= 4 is 16.1 Å². The number of hydrogen-bond acceptors (Lipinski definition) is 4. The van der Waals surface area contributed by atoms with Crippen LogP contribution in [0.15, 0.2) is 17.3 Å². The van der Waals surface area contributed by atoms with E-state index in [1.807, 2.05) is 0 Å². The normalized spacial score (nSPS) is 11.2. The number of hydrogen-bond donors (Lipinski definition) is 3. The van der Waals surface area contributed by atoms with Crippen LogP contribution in [0.25, 0.3) is 0 Å². The van der Waals surface area contributed by atoms with E-state index < -0.39 is 10.0 Å². The van der Waals surface area contributed by atoms with Gasteiger partial charge in [0.1, 0.15) is 0 Å². The molecule has 17 heavy (non-hydrogen) atoms. The molecule has 0 aromatic carbocycles. The number of urea groups is 1. The van der Waals surface area contributed by atoms with Gasteiger partial charge in [-0.2, -0.15) is 5.10 Å². The lowest BCUT2D eigenvalue weighted by Crippen LogP contribution is -2.39. The van der Waals surface area contributed by atoms with Crippen LogP contribution < -0.4 is 10.0 Å². The molecule has 0 aliphatic heterocycles. The van der Waals surface area contributed by atoms with E-state index in [2.05, 4.69) is 20.2 Å². The second-order valence-corrected chi connectivity index (χ2v) is 5.18. The Morgan fingerprint density at radius 1 is 1.47 bits per heavy atom. The van der Waals surface area contributed by atoms with Gasteiger partial charge in [-0.3, -0.25) is 5.10 Å². The highest BCUT2D eigenvalue weighted by atomic mass is 32.2. The zero-order chi connectivity index (χ0) is 12.9. The fourth-order valence-corrected chi connectivity index (χ4v) is 1.92. The monoisotopic (exact) mass is 261 g/mol. The van der Waals surface area contributed by atoms with Crippen molar-refractivity contribution in [2.45, 2.75) is 5.03 Å². The Morgan fingerprint density at radius 3 is 2.71 bits per heavy atom. The lowest BCUT2D eigenvalue weighted by molar-refractivity contribution is 0.217. The van der Waals surface area contributed by atoms with E-state index in [9.17, 15) is 13.2 Å². The van der Waals surface area contributed by atoms with Gasteiger partial charge in [0.25, 0.3) is 10.0 Å². The lowest BCUT2D eigenvalue weighted by atomic mass is 10.6. The predicted octanol–water partition coefficient (Wildman–Crippen LogP) is -1.04. The number of carbonyl (C=O) groups excluding carboxylic acids is 1. The van der Waals surface area contributed by atoms with Crippen LogP contribution in [0.1, 0.15) is 0 Å². The fraction of sp³-hybridized carbons (Fsp3) is 0.500. The Hall–Kier alpha value is -1.61. The van der Waals surface area contributed by atoms with Crippen LogP contribution in [0.2, 0.25) is 0 Å². The number of nitrogens with one attached hydrogen (secondary N) is 3. The van der Waals surface area contributed by atoms with Gasteiger partial charge in [0.15, 0.2) is 5.03 Å². The minimum atomic E-state index is -3.57. The summed E-state index contributed by atoms with van der Waals surface area (Å²) >= 11 is 0. The molecule has 0 atom stereocenters. The third-order valence-corrected chi connectivity index (χ3v) is 3.25. The molecule has 0 radical (unpaired) electrons. The summed E-state index contributed by atoms with van der Waals surface area (Å²) in [6, 6.07) is 1.08. The first kappa shape index (κ1) is 13.5. The first-order valence-corrected chi connectivity index (χ1v) is 6.36. The molecule has 1 heterocycles. The number of sulfonamides is 1. The summed E-state index contributed by atoms with van der Waals surface area (Å²) in [7, 11) is -0.366. The molecule has 2 amide bonds. The molecule has 0 bridgehead atoms. The first-order valence-electron chi connectivity index (χ1n) is 4.87. The Kier molecular flexibility index (Phi) is 4.46. The molecule has 0 saturated heterocycles. The summed E-state index contributed by atoms with van der Waals surface area (Å²) in [6.07, 6.45) is 1.35. The summed E-state index contributed by atoms with van der Waals surface area (Å²) in [5, 5.41) is 8.43. The molecule has 1 aromatic rings. The molecule has 0 aliphatic rings. The Morgan fingerprint density at radius 2 is 2.18 bits per heavy atom. The van der Waals surface area contributed by atoms with Crippen molar-refractivity contribution in [1.29, 1.82) is 0 Å². The summed E-state index contributed by atoms with van der Waals surface area (Å²) < 4.78 is 25.5. The summed E-state index contributed by atoms with van der Waals surface area (Å²) in [6.45, 7) is 0.325. The van der Waals surface area contributed by atoms with Gasteiger partial charge in [0.2, 0.25) is 0 Å². The van der Waals surface area contributed by atoms with Crippen LogP contribution in [0, 0.1) is 0 Å². The van der Waals surface area contributed by atoms with Crippen LogP contribution in [0.3, 0.4) is 0 Å². The van der Waals surface area contributed by atoms with Crippen LogP contribution >= 0.6 is 0 Å². The van der Waals surface area contributed by atoms with Crippen molar-refractivity contribution < 1.29 is 13.2 Å². The van der Waals surface area contributed by atoms with Crippen LogP contribution in [-0.4, -0.2) is 56.7 Å². The second-order valence-electron chi connectivity index (χ2n) is 3.45. The highest BCUT2D eigenvalue weighted by Crippen LogP contribution is 2.00. The maximum Gasteiger partial charge on any atom is 0.316 e. The number of carbonyl (C=O) groups is 1. The zero-order valence-corrected chi connectivity index (χ0v) is 10.4. The second kappa shape index (κ2) is 5.64. The topological polar surface area (TPSA) is 107 Å². The number of rotatable bonds is 5. The molecule has 1 aromatic heterocycles. The quantitative estimate of drug-likeness (QED) is 0.588. The maximum absolute atomic E-state index is 11.6. The van der Waals surface area contributed by atoms with E-state index >= 15 is 0 Å². The van der Waals surface area contributed by atoms with E-state index in [1.54, 1.807) is 14.1 Å². The number of H-pyrrole nitrogens is 1. The molecule has 3 N–H and O–H groups in total. The van der Waals surface area contributed by atoms with E-state index in [0.29, 0.717) is 0 Å². The van der Waals surface area contributed by atoms with Crippen molar-refractivity contribution in [1.82, 2.24) is 25.1 Å².